The Morgan fingerprint density at radius 2 is 2.00 bits per heavy atom. The molecule has 1 aromatic carbocycles. The van der Waals surface area contributed by atoms with Crippen molar-refractivity contribution in [2.45, 2.75) is 33.6 Å². The summed E-state index contributed by atoms with van der Waals surface area (Å²) in [5, 5.41) is 8.96. The van der Waals surface area contributed by atoms with E-state index < -0.39 is 5.97 Å². The highest BCUT2D eigenvalue weighted by atomic mass is 19.1. The molecule has 0 unspecified atom stereocenters. The van der Waals surface area contributed by atoms with Gasteiger partial charge in [-0.2, -0.15) is 0 Å². The van der Waals surface area contributed by atoms with Crippen molar-refractivity contribution in [2.75, 3.05) is 0 Å². The van der Waals surface area contributed by atoms with E-state index >= 15 is 0 Å². The van der Waals surface area contributed by atoms with Crippen LogP contribution in [0.5, 0.6) is 0 Å². The zero-order chi connectivity index (χ0) is 13.7. The van der Waals surface area contributed by atoms with Gasteiger partial charge in [0.25, 0.3) is 0 Å². The monoisotopic (exact) mass is 250 g/mol. The lowest BCUT2D eigenvalue weighted by Gasteiger charge is -2.17. The number of hydrogen-bond donors (Lipinski definition) is 1. The molecule has 0 spiro atoms. The van der Waals surface area contributed by atoms with Crippen LogP contribution in [0.4, 0.5) is 4.39 Å². The van der Waals surface area contributed by atoms with Crippen molar-refractivity contribution in [2.24, 2.45) is 5.92 Å². The van der Waals surface area contributed by atoms with E-state index in [2.05, 4.69) is 0 Å². The summed E-state index contributed by atoms with van der Waals surface area (Å²) < 4.78 is 13.3. The van der Waals surface area contributed by atoms with E-state index in [-0.39, 0.29) is 11.7 Å². The van der Waals surface area contributed by atoms with Gasteiger partial charge in [0.1, 0.15) is 5.82 Å². The average Bonchev–Trinajstić information content (AvgIpc) is 2.32. The van der Waals surface area contributed by atoms with Crippen LogP contribution in [-0.4, -0.2) is 11.1 Å². The van der Waals surface area contributed by atoms with Crippen LogP contribution < -0.4 is 0 Å². The molecule has 18 heavy (non-hydrogen) atoms. The number of aryl methyl sites for hydroxylation is 1. The first-order valence-electron chi connectivity index (χ1n) is 6.20. The molecule has 2 nitrogen and oxygen atoms in total. The number of aliphatic carboxylic acids is 1. The standard InChI is InChI=1S/C15H19FO2/c1-4-11(5-2)13(9-15(17)18)12-6-7-14(16)10(3)8-12/h6-9,11H,4-5H2,1-3H3,(H,17,18)/b13-9+. The summed E-state index contributed by atoms with van der Waals surface area (Å²) in [7, 11) is 0. The Morgan fingerprint density at radius 3 is 2.44 bits per heavy atom. The first-order chi connectivity index (χ1) is 8.49. The minimum absolute atomic E-state index is 0.186. The van der Waals surface area contributed by atoms with Crippen molar-refractivity contribution in [1.82, 2.24) is 0 Å². The van der Waals surface area contributed by atoms with Crippen molar-refractivity contribution in [3.63, 3.8) is 0 Å². The maximum absolute atomic E-state index is 13.3. The first-order valence-corrected chi connectivity index (χ1v) is 6.20. The average molecular weight is 250 g/mol. The largest absolute Gasteiger partial charge is 0.478 e. The second-order valence-electron chi connectivity index (χ2n) is 4.42. The van der Waals surface area contributed by atoms with Crippen molar-refractivity contribution in [3.8, 4) is 0 Å². The summed E-state index contributed by atoms with van der Waals surface area (Å²) in [6.07, 6.45) is 2.97. The quantitative estimate of drug-likeness (QED) is 0.801. The fourth-order valence-corrected chi connectivity index (χ4v) is 2.12. The Kier molecular flexibility index (Phi) is 5.08. The molecule has 0 bridgehead atoms. The normalized spacial score (nSPS) is 11.9. The molecule has 0 amide bonds. The van der Waals surface area contributed by atoms with E-state index in [1.807, 2.05) is 13.8 Å². The summed E-state index contributed by atoms with van der Waals surface area (Å²) in [5.41, 5.74) is 2.11. The molecule has 1 N–H and O–H groups in total. The maximum atomic E-state index is 13.3. The molecule has 0 aliphatic rings. The summed E-state index contributed by atoms with van der Waals surface area (Å²) in [6.45, 7) is 5.74. The zero-order valence-electron chi connectivity index (χ0n) is 11.0. The Labute approximate surface area is 107 Å². The van der Waals surface area contributed by atoms with Crippen molar-refractivity contribution in [3.05, 3.63) is 41.2 Å². The molecule has 1 aromatic rings. The predicted octanol–water partition coefficient (Wildman–Crippen LogP) is 4.04. The number of hydrogen-bond acceptors (Lipinski definition) is 1. The number of rotatable bonds is 5. The summed E-state index contributed by atoms with van der Waals surface area (Å²) in [4.78, 5) is 10.9. The Bertz CT molecular complexity index is 460. The minimum Gasteiger partial charge on any atom is -0.478 e. The van der Waals surface area contributed by atoms with Crippen molar-refractivity contribution < 1.29 is 14.3 Å². The number of carbonyl (C=O) groups is 1. The molecule has 0 aliphatic carbocycles. The van der Waals surface area contributed by atoms with E-state index in [4.69, 9.17) is 5.11 Å². The second-order valence-corrected chi connectivity index (χ2v) is 4.42. The lowest BCUT2D eigenvalue weighted by Crippen LogP contribution is -2.04. The lowest BCUT2D eigenvalue weighted by atomic mass is 9.87. The van der Waals surface area contributed by atoms with Gasteiger partial charge in [-0.25, -0.2) is 9.18 Å². The Balaban J connectivity index is 3.25. The maximum Gasteiger partial charge on any atom is 0.328 e. The number of benzene rings is 1. The van der Waals surface area contributed by atoms with Gasteiger partial charge in [0.2, 0.25) is 0 Å². The molecule has 0 saturated heterocycles. The van der Waals surface area contributed by atoms with Crippen molar-refractivity contribution in [1.29, 1.82) is 0 Å². The third-order valence-electron chi connectivity index (χ3n) is 3.20. The van der Waals surface area contributed by atoms with Crippen molar-refractivity contribution >= 4 is 11.5 Å². The molecule has 0 fully saturated rings. The van der Waals surface area contributed by atoms with Gasteiger partial charge < -0.3 is 5.11 Å². The van der Waals surface area contributed by atoms with Crippen LogP contribution in [0.3, 0.4) is 0 Å². The number of halogens is 1. The van der Waals surface area contributed by atoms with E-state index in [1.54, 1.807) is 19.1 Å². The zero-order valence-corrected chi connectivity index (χ0v) is 11.0. The molecule has 0 atom stereocenters. The van der Waals surface area contributed by atoms with E-state index in [0.717, 1.165) is 24.0 Å². The smallest absolute Gasteiger partial charge is 0.328 e. The number of carboxylic acids is 1. The summed E-state index contributed by atoms with van der Waals surface area (Å²) in [5.74, 6) is -1.04. The van der Waals surface area contributed by atoms with Crippen LogP contribution in [0, 0.1) is 18.7 Å². The predicted molar refractivity (Wildman–Crippen MR) is 70.8 cm³/mol. The highest BCUT2D eigenvalue weighted by molar-refractivity contribution is 5.90. The summed E-state index contributed by atoms with van der Waals surface area (Å²) >= 11 is 0. The fraction of sp³-hybridized carbons (Fsp3) is 0.400. The van der Waals surface area contributed by atoms with E-state index in [9.17, 15) is 9.18 Å². The lowest BCUT2D eigenvalue weighted by molar-refractivity contribution is -0.131. The van der Waals surface area contributed by atoms with Gasteiger partial charge in [-0.3, -0.25) is 0 Å². The van der Waals surface area contributed by atoms with Gasteiger partial charge in [0.15, 0.2) is 0 Å². The van der Waals surface area contributed by atoms with Crippen LogP contribution in [0.15, 0.2) is 24.3 Å². The highest BCUT2D eigenvalue weighted by Gasteiger charge is 2.15. The van der Waals surface area contributed by atoms with Crippen LogP contribution in [0.2, 0.25) is 0 Å². The van der Waals surface area contributed by atoms with Crippen LogP contribution >= 0.6 is 0 Å². The SMILES string of the molecule is CCC(CC)/C(=C\C(=O)O)c1ccc(F)c(C)c1. The number of allylic oxidation sites excluding steroid dienone is 1. The van der Waals surface area contributed by atoms with Gasteiger partial charge >= 0.3 is 5.97 Å². The minimum atomic E-state index is -0.959. The fourth-order valence-electron chi connectivity index (χ4n) is 2.12. The number of carboxylic acid groups (broad SMARTS) is 1. The molecule has 1 rings (SSSR count). The molecule has 0 saturated carbocycles. The van der Waals surface area contributed by atoms with Gasteiger partial charge in [-0.05, 0) is 54.5 Å². The molecule has 0 heterocycles. The third-order valence-corrected chi connectivity index (χ3v) is 3.20. The molecule has 98 valence electrons. The molecular weight excluding hydrogens is 231 g/mol. The molecule has 0 aromatic heterocycles. The highest BCUT2D eigenvalue weighted by Crippen LogP contribution is 2.29. The molecule has 3 heteroatoms. The Morgan fingerprint density at radius 1 is 1.39 bits per heavy atom. The topological polar surface area (TPSA) is 37.3 Å². The van der Waals surface area contributed by atoms with Gasteiger partial charge in [0.05, 0.1) is 0 Å². The van der Waals surface area contributed by atoms with Crippen LogP contribution in [-0.2, 0) is 4.79 Å². The van der Waals surface area contributed by atoms with Gasteiger partial charge in [-0.15, -0.1) is 0 Å². The van der Waals surface area contributed by atoms with Gasteiger partial charge in [-0.1, -0.05) is 19.9 Å². The Hall–Kier alpha value is -1.64. The molecular formula is C15H19FO2. The van der Waals surface area contributed by atoms with Gasteiger partial charge in [0, 0.05) is 6.08 Å². The van der Waals surface area contributed by atoms with Crippen LogP contribution in [0.1, 0.15) is 37.8 Å². The van der Waals surface area contributed by atoms with Crippen LogP contribution in [0.25, 0.3) is 5.57 Å². The first kappa shape index (κ1) is 14.4. The summed E-state index contributed by atoms with van der Waals surface area (Å²) in [6, 6.07) is 4.75. The third kappa shape index (κ3) is 3.42. The van der Waals surface area contributed by atoms with E-state index in [1.165, 1.54) is 12.1 Å². The second kappa shape index (κ2) is 6.34. The van der Waals surface area contributed by atoms with E-state index in [0.29, 0.717) is 5.56 Å². The molecule has 0 aliphatic heterocycles. The molecule has 0 radical (unpaired) electrons.